The predicted molar refractivity (Wildman–Crippen MR) is 132 cm³/mol. The van der Waals surface area contributed by atoms with Crippen molar-refractivity contribution in [2.75, 3.05) is 13.1 Å². The number of nitrogens with zero attached hydrogens (tertiary/aromatic N) is 4. The second-order valence-corrected chi connectivity index (χ2v) is 8.70. The normalized spacial score (nSPS) is 15.6. The molecule has 0 saturated carbocycles. The molecule has 7 nitrogen and oxygen atoms in total. The number of aryl methyl sites for hydroxylation is 1. The Balaban J connectivity index is 1.49. The molecule has 2 aromatic carbocycles. The first-order valence-corrected chi connectivity index (χ1v) is 11.4. The average Bonchev–Trinajstić information content (AvgIpc) is 3.43. The van der Waals surface area contributed by atoms with E-state index in [9.17, 15) is 9.59 Å². The molecule has 0 N–H and O–H groups in total. The Kier molecular flexibility index (Phi) is 5.71. The van der Waals surface area contributed by atoms with Crippen LogP contribution in [0.3, 0.4) is 0 Å². The summed E-state index contributed by atoms with van der Waals surface area (Å²) >= 11 is 6.20. The van der Waals surface area contributed by atoms with Crippen molar-refractivity contribution in [2.45, 2.75) is 19.4 Å². The summed E-state index contributed by atoms with van der Waals surface area (Å²) in [6, 6.07) is 14.6. The van der Waals surface area contributed by atoms with Gasteiger partial charge in [-0.05, 0) is 67.4 Å². The third-order valence-corrected chi connectivity index (χ3v) is 6.57. The third kappa shape index (κ3) is 3.88. The Bertz CT molecular complexity index is 1460. The Labute approximate surface area is 201 Å². The standard InChI is InChI=1S/C26H23ClN4O3/c1-3-25(32)29-13-11-19(16-29)31-23-10-12-28-15-24(23)30(26(31)33)18-5-8-20(9-6-18)34-21-7-4-17(2)22(27)14-21/h3-10,12,14-15,19H,1,11,13,16H2,2H3/t19-/m1/s1. The molecule has 0 radical (unpaired) electrons. The van der Waals surface area contributed by atoms with Gasteiger partial charge >= 0.3 is 5.69 Å². The van der Waals surface area contributed by atoms with Gasteiger partial charge in [-0.3, -0.25) is 18.9 Å². The molecule has 1 aliphatic heterocycles. The van der Waals surface area contributed by atoms with Crippen molar-refractivity contribution < 1.29 is 9.53 Å². The van der Waals surface area contributed by atoms with Gasteiger partial charge in [0.2, 0.25) is 5.91 Å². The molecule has 4 aromatic rings. The number of hydrogen-bond donors (Lipinski definition) is 0. The molecule has 1 amide bonds. The number of likely N-dealkylation sites (tertiary alicyclic amines) is 1. The second kappa shape index (κ2) is 8.83. The second-order valence-electron chi connectivity index (χ2n) is 8.29. The first-order chi connectivity index (χ1) is 16.5. The number of benzene rings is 2. The summed E-state index contributed by atoms with van der Waals surface area (Å²) in [5.74, 6) is 1.15. The van der Waals surface area contributed by atoms with Crippen LogP contribution in [0, 0.1) is 6.92 Å². The van der Waals surface area contributed by atoms with E-state index in [1.165, 1.54) is 6.08 Å². The van der Waals surface area contributed by atoms with Crippen LogP contribution in [0.4, 0.5) is 0 Å². The summed E-state index contributed by atoms with van der Waals surface area (Å²) in [5.41, 5.74) is 3.01. The lowest BCUT2D eigenvalue weighted by molar-refractivity contribution is -0.125. The van der Waals surface area contributed by atoms with E-state index >= 15 is 0 Å². The number of carbonyl (C=O) groups is 1. The van der Waals surface area contributed by atoms with Crippen molar-refractivity contribution in [3.8, 4) is 17.2 Å². The van der Waals surface area contributed by atoms with Gasteiger partial charge in [0, 0.05) is 24.3 Å². The number of amides is 1. The lowest BCUT2D eigenvalue weighted by atomic mass is 10.2. The van der Waals surface area contributed by atoms with Crippen LogP contribution < -0.4 is 10.4 Å². The number of aromatic nitrogens is 3. The highest BCUT2D eigenvalue weighted by Crippen LogP contribution is 2.29. The Morgan fingerprint density at radius 1 is 1.15 bits per heavy atom. The highest BCUT2D eigenvalue weighted by atomic mass is 35.5. The van der Waals surface area contributed by atoms with E-state index in [4.69, 9.17) is 16.3 Å². The Hall–Kier alpha value is -3.84. The van der Waals surface area contributed by atoms with Gasteiger partial charge < -0.3 is 9.64 Å². The minimum atomic E-state index is -0.167. The summed E-state index contributed by atoms with van der Waals surface area (Å²) in [7, 11) is 0. The molecule has 172 valence electrons. The third-order valence-electron chi connectivity index (χ3n) is 6.16. The van der Waals surface area contributed by atoms with Gasteiger partial charge in [0.25, 0.3) is 0 Å². The molecule has 1 fully saturated rings. The zero-order valence-corrected chi connectivity index (χ0v) is 19.4. The highest BCUT2D eigenvalue weighted by Gasteiger charge is 2.29. The van der Waals surface area contributed by atoms with Crippen LogP contribution in [-0.4, -0.2) is 38.0 Å². The number of hydrogen-bond acceptors (Lipinski definition) is 4. The van der Waals surface area contributed by atoms with E-state index in [0.717, 1.165) is 11.1 Å². The molecule has 0 aliphatic carbocycles. The SMILES string of the molecule is C=CC(=O)N1CC[C@@H](n2c(=O)n(-c3ccc(Oc4ccc(C)c(Cl)c4)cc3)c3cnccc32)C1. The molecular weight excluding hydrogens is 452 g/mol. The number of carbonyl (C=O) groups excluding carboxylic acids is 1. The van der Waals surface area contributed by atoms with Crippen LogP contribution in [0.5, 0.6) is 11.5 Å². The average molecular weight is 475 g/mol. The van der Waals surface area contributed by atoms with Crippen LogP contribution in [0.2, 0.25) is 5.02 Å². The Morgan fingerprint density at radius 3 is 2.65 bits per heavy atom. The smallest absolute Gasteiger partial charge is 0.334 e. The number of imidazole rings is 1. The number of halogens is 1. The van der Waals surface area contributed by atoms with Crippen molar-refractivity contribution in [2.24, 2.45) is 0 Å². The van der Waals surface area contributed by atoms with Crippen LogP contribution >= 0.6 is 11.6 Å². The summed E-state index contributed by atoms with van der Waals surface area (Å²) < 4.78 is 9.33. The molecule has 1 saturated heterocycles. The maximum Gasteiger partial charge on any atom is 0.334 e. The molecule has 34 heavy (non-hydrogen) atoms. The fourth-order valence-electron chi connectivity index (χ4n) is 4.39. The van der Waals surface area contributed by atoms with Gasteiger partial charge in [0.05, 0.1) is 29.0 Å². The van der Waals surface area contributed by atoms with E-state index in [1.807, 2.05) is 49.4 Å². The minimum absolute atomic E-state index is 0.114. The van der Waals surface area contributed by atoms with E-state index in [0.29, 0.717) is 47.2 Å². The number of fused-ring (bicyclic) bond motifs is 1. The summed E-state index contributed by atoms with van der Waals surface area (Å²) in [4.78, 5) is 31.6. The van der Waals surface area contributed by atoms with Gasteiger partial charge in [0.15, 0.2) is 0 Å². The van der Waals surface area contributed by atoms with Gasteiger partial charge in [-0.15, -0.1) is 0 Å². The quantitative estimate of drug-likeness (QED) is 0.386. The first kappa shape index (κ1) is 22.0. The van der Waals surface area contributed by atoms with Crippen LogP contribution in [0.25, 0.3) is 16.7 Å². The van der Waals surface area contributed by atoms with Crippen molar-refractivity contribution in [1.82, 2.24) is 19.0 Å². The summed E-state index contributed by atoms with van der Waals surface area (Å²) in [6.07, 6.45) is 5.38. The zero-order valence-electron chi connectivity index (χ0n) is 18.6. The molecule has 2 aromatic heterocycles. The fourth-order valence-corrected chi connectivity index (χ4v) is 4.56. The van der Waals surface area contributed by atoms with Crippen LogP contribution in [0.15, 0.2) is 78.4 Å². The molecule has 3 heterocycles. The monoisotopic (exact) mass is 474 g/mol. The minimum Gasteiger partial charge on any atom is -0.457 e. The van der Waals surface area contributed by atoms with E-state index in [1.54, 1.807) is 32.5 Å². The molecule has 8 heteroatoms. The maximum atomic E-state index is 13.6. The van der Waals surface area contributed by atoms with Crippen molar-refractivity contribution >= 4 is 28.5 Å². The van der Waals surface area contributed by atoms with Crippen molar-refractivity contribution in [3.05, 3.63) is 94.6 Å². The molecule has 0 bridgehead atoms. The van der Waals surface area contributed by atoms with Crippen LogP contribution in [-0.2, 0) is 4.79 Å². The zero-order chi connectivity index (χ0) is 23.8. The summed E-state index contributed by atoms with van der Waals surface area (Å²) in [5, 5.41) is 0.640. The fraction of sp³-hybridized carbons (Fsp3) is 0.192. The number of pyridine rings is 1. The van der Waals surface area contributed by atoms with E-state index < -0.39 is 0 Å². The number of rotatable bonds is 5. The molecule has 1 atom stereocenters. The lowest BCUT2D eigenvalue weighted by Crippen LogP contribution is -2.31. The topological polar surface area (TPSA) is 69.4 Å². The molecule has 0 unspecified atom stereocenters. The van der Waals surface area contributed by atoms with Gasteiger partial charge in [-0.25, -0.2) is 4.79 Å². The first-order valence-electron chi connectivity index (χ1n) is 11.0. The summed E-state index contributed by atoms with van der Waals surface area (Å²) in [6.45, 7) is 6.56. The van der Waals surface area contributed by atoms with Gasteiger partial charge in [-0.1, -0.05) is 24.2 Å². The molecular formula is C26H23ClN4O3. The highest BCUT2D eigenvalue weighted by molar-refractivity contribution is 6.31. The molecule has 0 spiro atoms. The van der Waals surface area contributed by atoms with Crippen LogP contribution in [0.1, 0.15) is 18.0 Å². The molecule has 1 aliphatic rings. The van der Waals surface area contributed by atoms with Crippen molar-refractivity contribution in [3.63, 3.8) is 0 Å². The number of ether oxygens (including phenoxy) is 1. The molecule has 5 rings (SSSR count). The van der Waals surface area contributed by atoms with E-state index in [2.05, 4.69) is 11.6 Å². The largest absolute Gasteiger partial charge is 0.457 e. The van der Waals surface area contributed by atoms with Gasteiger partial charge in [0.1, 0.15) is 11.5 Å². The maximum absolute atomic E-state index is 13.6. The Morgan fingerprint density at radius 2 is 1.91 bits per heavy atom. The lowest BCUT2D eigenvalue weighted by Gasteiger charge is -2.15. The van der Waals surface area contributed by atoms with E-state index in [-0.39, 0.29) is 17.6 Å². The van der Waals surface area contributed by atoms with Gasteiger partial charge in [-0.2, -0.15) is 0 Å². The van der Waals surface area contributed by atoms with Crippen molar-refractivity contribution in [1.29, 1.82) is 0 Å². The predicted octanol–water partition coefficient (Wildman–Crippen LogP) is 4.90.